The predicted octanol–water partition coefficient (Wildman–Crippen LogP) is 2.34. The molecule has 134 valence electrons. The van der Waals surface area contributed by atoms with Crippen molar-refractivity contribution < 1.29 is 13.6 Å². The van der Waals surface area contributed by atoms with Gasteiger partial charge in [-0.2, -0.15) is 0 Å². The molecule has 2 aliphatic rings. The smallest absolute Gasteiger partial charge is 0.275 e. The number of halogens is 2. The number of carbonyl (C=O) groups excluding carboxylic acids is 1. The third kappa shape index (κ3) is 4.63. The lowest BCUT2D eigenvalue weighted by molar-refractivity contribution is -0.137. The first-order chi connectivity index (χ1) is 10.7. The minimum absolute atomic E-state index is 0.0299. The minimum atomic E-state index is -2.66. The van der Waals surface area contributed by atoms with Crippen LogP contribution in [0.2, 0.25) is 0 Å². The van der Waals surface area contributed by atoms with Crippen LogP contribution < -0.4 is 5.32 Å². The maximum absolute atomic E-state index is 14.5. The molecular weight excluding hydrogens is 300 g/mol. The topological polar surface area (TPSA) is 35.6 Å². The Morgan fingerprint density at radius 2 is 1.70 bits per heavy atom. The van der Waals surface area contributed by atoms with E-state index in [0.29, 0.717) is 19.5 Å². The third-order valence-electron chi connectivity index (χ3n) is 5.16. The van der Waals surface area contributed by atoms with Crippen LogP contribution in [-0.4, -0.2) is 65.9 Å². The second-order valence-electron chi connectivity index (χ2n) is 7.60. The Balaban J connectivity index is 1.86. The van der Waals surface area contributed by atoms with Crippen LogP contribution in [0.5, 0.6) is 0 Å². The summed E-state index contributed by atoms with van der Waals surface area (Å²) in [5.41, 5.74) is 0. The van der Waals surface area contributed by atoms with Gasteiger partial charge in [-0.05, 0) is 33.1 Å². The van der Waals surface area contributed by atoms with Gasteiger partial charge in [0.15, 0.2) is 0 Å². The van der Waals surface area contributed by atoms with Crippen molar-refractivity contribution in [2.24, 2.45) is 5.92 Å². The van der Waals surface area contributed by atoms with Crippen molar-refractivity contribution in [3.8, 4) is 0 Å². The van der Waals surface area contributed by atoms with Crippen molar-refractivity contribution in [2.75, 3.05) is 26.2 Å². The molecular formula is C17H31F2N3O. The van der Waals surface area contributed by atoms with Crippen molar-refractivity contribution in [2.45, 2.75) is 71.0 Å². The minimum Gasteiger partial charge on any atom is -0.353 e. The van der Waals surface area contributed by atoms with Crippen LogP contribution in [0.3, 0.4) is 0 Å². The highest BCUT2D eigenvalue weighted by Gasteiger charge is 2.48. The van der Waals surface area contributed by atoms with Crippen molar-refractivity contribution in [1.82, 2.24) is 15.1 Å². The van der Waals surface area contributed by atoms with Crippen LogP contribution in [0, 0.1) is 5.92 Å². The van der Waals surface area contributed by atoms with E-state index in [2.05, 4.69) is 5.32 Å². The van der Waals surface area contributed by atoms with Crippen LogP contribution in [0.25, 0.3) is 0 Å². The van der Waals surface area contributed by atoms with Crippen molar-refractivity contribution in [1.29, 1.82) is 0 Å². The number of rotatable bonds is 4. The second-order valence-corrected chi connectivity index (χ2v) is 7.60. The molecule has 0 spiro atoms. The lowest BCUT2D eigenvalue weighted by atomic mass is 9.94. The fourth-order valence-corrected chi connectivity index (χ4v) is 3.57. The van der Waals surface area contributed by atoms with Gasteiger partial charge >= 0.3 is 0 Å². The monoisotopic (exact) mass is 331 g/mol. The first-order valence-corrected chi connectivity index (χ1v) is 8.87. The molecule has 0 saturated carbocycles. The summed E-state index contributed by atoms with van der Waals surface area (Å²) in [7, 11) is 0. The van der Waals surface area contributed by atoms with Gasteiger partial charge in [0.1, 0.15) is 0 Å². The zero-order valence-electron chi connectivity index (χ0n) is 14.8. The lowest BCUT2D eigenvalue weighted by Crippen LogP contribution is -2.61. The molecule has 0 aromatic rings. The molecule has 0 aromatic carbocycles. The zero-order chi connectivity index (χ0) is 17.2. The Bertz CT molecular complexity index is 407. The van der Waals surface area contributed by atoms with E-state index < -0.39 is 12.0 Å². The largest absolute Gasteiger partial charge is 0.353 e. The van der Waals surface area contributed by atoms with Gasteiger partial charge in [-0.1, -0.05) is 13.8 Å². The maximum Gasteiger partial charge on any atom is 0.275 e. The van der Waals surface area contributed by atoms with E-state index in [-0.39, 0.29) is 30.5 Å². The Labute approximate surface area is 138 Å². The molecule has 1 atom stereocenters. The van der Waals surface area contributed by atoms with E-state index in [9.17, 15) is 13.6 Å². The summed E-state index contributed by atoms with van der Waals surface area (Å²) in [6.07, 6.45) is 2.05. The average Bonchev–Trinajstić information content (AvgIpc) is 2.47. The molecule has 0 aromatic heterocycles. The molecule has 2 fully saturated rings. The molecule has 2 aliphatic heterocycles. The van der Waals surface area contributed by atoms with Crippen LogP contribution in [0.15, 0.2) is 0 Å². The molecule has 2 rings (SSSR count). The number of carbonyl (C=O) groups is 1. The van der Waals surface area contributed by atoms with E-state index in [1.54, 1.807) is 0 Å². The first-order valence-electron chi connectivity index (χ1n) is 8.87. The van der Waals surface area contributed by atoms with E-state index in [1.165, 1.54) is 0 Å². The van der Waals surface area contributed by atoms with Crippen LogP contribution in [-0.2, 0) is 4.79 Å². The molecule has 2 saturated heterocycles. The fourth-order valence-electron chi connectivity index (χ4n) is 3.57. The molecule has 6 heteroatoms. The average molecular weight is 331 g/mol. The quantitative estimate of drug-likeness (QED) is 0.859. The van der Waals surface area contributed by atoms with Crippen molar-refractivity contribution in [3.63, 3.8) is 0 Å². The van der Waals surface area contributed by atoms with Gasteiger partial charge in [-0.3, -0.25) is 14.6 Å². The molecule has 4 nitrogen and oxygen atoms in total. The highest BCUT2D eigenvalue weighted by Crippen LogP contribution is 2.33. The highest BCUT2D eigenvalue weighted by molar-refractivity contribution is 5.78. The first kappa shape index (κ1) is 18.6. The summed E-state index contributed by atoms with van der Waals surface area (Å²) >= 11 is 0. The molecule has 1 amide bonds. The summed E-state index contributed by atoms with van der Waals surface area (Å²) in [5.74, 6) is -2.63. The number of nitrogens with one attached hydrogen (secondary N) is 1. The number of piperidine rings is 2. The maximum atomic E-state index is 14.5. The standard InChI is InChI=1S/C17H31F2N3O/c1-12(2)16(23)20-14-5-8-21(9-6-14)15-7-10-22(13(3)4)11-17(15,18)19/h12-15H,5-11H2,1-4H3,(H,20,23). The van der Waals surface area contributed by atoms with E-state index >= 15 is 0 Å². The second kappa shape index (κ2) is 7.43. The Morgan fingerprint density at radius 1 is 1.09 bits per heavy atom. The number of likely N-dealkylation sites (tertiary alicyclic amines) is 2. The Hall–Kier alpha value is -0.750. The highest BCUT2D eigenvalue weighted by atomic mass is 19.3. The Kier molecular flexibility index (Phi) is 6.00. The molecule has 23 heavy (non-hydrogen) atoms. The molecule has 1 unspecified atom stereocenters. The van der Waals surface area contributed by atoms with E-state index in [1.807, 2.05) is 37.5 Å². The summed E-state index contributed by atoms with van der Waals surface area (Å²) in [4.78, 5) is 15.6. The van der Waals surface area contributed by atoms with Crippen molar-refractivity contribution >= 4 is 5.91 Å². The van der Waals surface area contributed by atoms with Crippen LogP contribution in [0.1, 0.15) is 47.0 Å². The normalized spacial score (nSPS) is 27.6. The van der Waals surface area contributed by atoms with E-state index in [4.69, 9.17) is 0 Å². The van der Waals surface area contributed by atoms with Gasteiger partial charge in [0.25, 0.3) is 5.92 Å². The fraction of sp³-hybridized carbons (Fsp3) is 0.941. The lowest BCUT2D eigenvalue weighted by Gasteiger charge is -2.46. The number of alkyl halides is 2. The van der Waals surface area contributed by atoms with E-state index in [0.717, 1.165) is 19.4 Å². The summed E-state index contributed by atoms with van der Waals surface area (Å²) < 4.78 is 29.0. The van der Waals surface area contributed by atoms with Gasteiger partial charge in [0, 0.05) is 37.6 Å². The SMILES string of the molecule is CC(C)C(=O)NC1CCN(C2CCN(C(C)C)CC2(F)F)CC1. The molecule has 0 aliphatic carbocycles. The van der Waals surface area contributed by atoms with Crippen LogP contribution >= 0.6 is 0 Å². The predicted molar refractivity (Wildman–Crippen MR) is 87.6 cm³/mol. The van der Waals surface area contributed by atoms with Crippen molar-refractivity contribution in [3.05, 3.63) is 0 Å². The van der Waals surface area contributed by atoms with Gasteiger partial charge in [-0.25, -0.2) is 8.78 Å². The number of amides is 1. The van der Waals surface area contributed by atoms with Gasteiger partial charge < -0.3 is 5.32 Å². The summed E-state index contributed by atoms with van der Waals surface area (Å²) in [6, 6.07) is -0.358. The number of nitrogens with zero attached hydrogens (tertiary/aromatic N) is 2. The number of hydrogen-bond donors (Lipinski definition) is 1. The number of hydrogen-bond acceptors (Lipinski definition) is 3. The molecule has 2 heterocycles. The van der Waals surface area contributed by atoms with Crippen LogP contribution in [0.4, 0.5) is 8.78 Å². The zero-order valence-corrected chi connectivity index (χ0v) is 14.8. The summed E-state index contributed by atoms with van der Waals surface area (Å²) in [5, 5.41) is 3.02. The Morgan fingerprint density at radius 3 is 2.17 bits per heavy atom. The summed E-state index contributed by atoms with van der Waals surface area (Å²) in [6.45, 7) is 9.57. The third-order valence-corrected chi connectivity index (χ3v) is 5.16. The molecule has 1 N–H and O–H groups in total. The van der Waals surface area contributed by atoms with Gasteiger partial charge in [-0.15, -0.1) is 0 Å². The van der Waals surface area contributed by atoms with Gasteiger partial charge in [0.2, 0.25) is 5.91 Å². The molecule has 0 bridgehead atoms. The molecule has 0 radical (unpaired) electrons. The van der Waals surface area contributed by atoms with Gasteiger partial charge in [0.05, 0.1) is 12.6 Å².